The van der Waals surface area contributed by atoms with Crippen LogP contribution in [-0.4, -0.2) is 26.8 Å². The summed E-state index contributed by atoms with van der Waals surface area (Å²) in [6, 6.07) is 11.8. The van der Waals surface area contributed by atoms with Crippen LogP contribution in [0.25, 0.3) is 22.0 Å². The number of amides is 1. The maximum atomic E-state index is 12.7. The minimum absolute atomic E-state index is 0.120. The van der Waals surface area contributed by atoms with Crippen LogP contribution in [0.3, 0.4) is 0 Å². The zero-order chi connectivity index (χ0) is 19.7. The van der Waals surface area contributed by atoms with Gasteiger partial charge in [0.05, 0.1) is 16.7 Å². The minimum atomic E-state index is -0.120. The standard InChI is InChI=1S/C21H21BrN4O2/c1-3-10-25-17-13-20(22)28-19(17)12-18(25)21(27)23-9-6-11-26-16-8-5-4-7-15(16)14(2)24-26/h3-5,7-8,12-13H,1,6,9-11H2,2H3,(H,23,27). The summed E-state index contributed by atoms with van der Waals surface area (Å²) < 4.78 is 10.1. The van der Waals surface area contributed by atoms with Gasteiger partial charge in [0.25, 0.3) is 5.91 Å². The number of hydrogen-bond donors (Lipinski definition) is 1. The molecular weight excluding hydrogens is 420 g/mol. The molecule has 0 atom stereocenters. The third-order valence-electron chi connectivity index (χ3n) is 4.78. The largest absolute Gasteiger partial charge is 0.448 e. The predicted octanol–water partition coefficient (Wildman–Crippen LogP) is 4.66. The molecule has 0 aliphatic carbocycles. The molecule has 3 heterocycles. The third kappa shape index (κ3) is 3.38. The highest BCUT2D eigenvalue weighted by Crippen LogP contribution is 2.27. The first kappa shape index (κ1) is 18.6. The van der Waals surface area contributed by atoms with Crippen molar-refractivity contribution in [2.45, 2.75) is 26.4 Å². The van der Waals surface area contributed by atoms with Crippen LogP contribution in [0.2, 0.25) is 0 Å². The molecule has 4 aromatic rings. The van der Waals surface area contributed by atoms with Gasteiger partial charge in [-0.05, 0) is 35.3 Å². The highest BCUT2D eigenvalue weighted by Gasteiger charge is 2.17. The van der Waals surface area contributed by atoms with E-state index in [1.165, 1.54) is 5.39 Å². The molecule has 1 aromatic carbocycles. The van der Waals surface area contributed by atoms with Crippen molar-refractivity contribution in [3.05, 3.63) is 65.1 Å². The van der Waals surface area contributed by atoms with Gasteiger partial charge in [-0.2, -0.15) is 5.10 Å². The van der Waals surface area contributed by atoms with Crippen molar-refractivity contribution >= 4 is 43.8 Å². The normalized spacial score (nSPS) is 11.4. The lowest BCUT2D eigenvalue weighted by Crippen LogP contribution is -2.27. The topological polar surface area (TPSA) is 65.0 Å². The van der Waals surface area contributed by atoms with Gasteiger partial charge in [-0.3, -0.25) is 9.48 Å². The highest BCUT2D eigenvalue weighted by atomic mass is 79.9. The lowest BCUT2D eigenvalue weighted by molar-refractivity contribution is 0.0944. The molecule has 0 bridgehead atoms. The molecular formula is C21H21BrN4O2. The Kier molecular flexibility index (Phi) is 5.09. The molecule has 0 spiro atoms. The lowest BCUT2D eigenvalue weighted by Gasteiger charge is -2.09. The minimum Gasteiger partial charge on any atom is -0.448 e. The van der Waals surface area contributed by atoms with E-state index in [0.29, 0.717) is 29.0 Å². The van der Waals surface area contributed by atoms with Gasteiger partial charge in [0.1, 0.15) is 5.69 Å². The molecule has 0 fully saturated rings. The Hall–Kier alpha value is -2.80. The number of furan rings is 1. The summed E-state index contributed by atoms with van der Waals surface area (Å²) in [4.78, 5) is 12.7. The maximum absolute atomic E-state index is 12.7. The van der Waals surface area contributed by atoms with E-state index in [1.807, 2.05) is 34.4 Å². The number of rotatable bonds is 7. The first-order chi connectivity index (χ1) is 13.6. The number of nitrogens with one attached hydrogen (secondary N) is 1. The quantitative estimate of drug-likeness (QED) is 0.335. The number of para-hydroxylation sites is 1. The Bertz CT molecular complexity index is 1170. The highest BCUT2D eigenvalue weighted by molar-refractivity contribution is 9.10. The molecule has 0 radical (unpaired) electrons. The molecule has 144 valence electrons. The van der Waals surface area contributed by atoms with Crippen molar-refractivity contribution < 1.29 is 9.21 Å². The van der Waals surface area contributed by atoms with Gasteiger partial charge in [-0.25, -0.2) is 0 Å². The lowest BCUT2D eigenvalue weighted by atomic mass is 10.2. The summed E-state index contributed by atoms with van der Waals surface area (Å²) in [5, 5.41) is 8.77. The van der Waals surface area contributed by atoms with Crippen LogP contribution in [-0.2, 0) is 13.1 Å². The zero-order valence-electron chi connectivity index (χ0n) is 15.6. The van der Waals surface area contributed by atoms with E-state index in [4.69, 9.17) is 4.42 Å². The molecule has 0 aliphatic rings. The summed E-state index contributed by atoms with van der Waals surface area (Å²) in [6.45, 7) is 7.65. The summed E-state index contributed by atoms with van der Waals surface area (Å²) in [7, 11) is 0. The average Bonchev–Trinajstić information content (AvgIpc) is 3.31. The second kappa shape index (κ2) is 7.67. The van der Waals surface area contributed by atoms with Gasteiger partial charge in [-0.1, -0.05) is 24.3 Å². The summed E-state index contributed by atoms with van der Waals surface area (Å²) in [5.74, 6) is -0.120. The smallest absolute Gasteiger partial charge is 0.268 e. The Morgan fingerprint density at radius 2 is 2.14 bits per heavy atom. The van der Waals surface area contributed by atoms with E-state index in [2.05, 4.69) is 45.1 Å². The fourth-order valence-corrected chi connectivity index (χ4v) is 3.90. The number of halogens is 1. The van der Waals surface area contributed by atoms with E-state index in [-0.39, 0.29) is 5.91 Å². The number of hydrogen-bond acceptors (Lipinski definition) is 3. The molecule has 28 heavy (non-hydrogen) atoms. The van der Waals surface area contributed by atoms with Crippen molar-refractivity contribution in [1.82, 2.24) is 19.7 Å². The van der Waals surface area contributed by atoms with E-state index in [0.717, 1.165) is 29.7 Å². The summed E-state index contributed by atoms with van der Waals surface area (Å²) in [6.07, 6.45) is 2.56. The van der Waals surface area contributed by atoms with Crippen LogP contribution in [0.5, 0.6) is 0 Å². The van der Waals surface area contributed by atoms with Crippen LogP contribution in [0.15, 0.2) is 58.1 Å². The van der Waals surface area contributed by atoms with Crippen molar-refractivity contribution in [1.29, 1.82) is 0 Å². The van der Waals surface area contributed by atoms with Crippen LogP contribution in [0.4, 0.5) is 0 Å². The predicted molar refractivity (Wildman–Crippen MR) is 114 cm³/mol. The first-order valence-corrected chi connectivity index (χ1v) is 9.97. The van der Waals surface area contributed by atoms with Crippen molar-refractivity contribution in [3.8, 4) is 0 Å². The van der Waals surface area contributed by atoms with Crippen LogP contribution in [0.1, 0.15) is 22.6 Å². The maximum Gasteiger partial charge on any atom is 0.268 e. The molecule has 6 nitrogen and oxygen atoms in total. The van der Waals surface area contributed by atoms with Crippen molar-refractivity contribution in [2.24, 2.45) is 0 Å². The van der Waals surface area contributed by atoms with Crippen LogP contribution in [0, 0.1) is 6.92 Å². The van der Waals surface area contributed by atoms with Gasteiger partial charge in [0, 0.05) is 37.2 Å². The number of allylic oxidation sites excluding steroid dienone is 1. The van der Waals surface area contributed by atoms with Gasteiger partial charge in [0.2, 0.25) is 0 Å². The number of carbonyl (C=O) groups is 1. The number of aromatic nitrogens is 3. The van der Waals surface area contributed by atoms with Crippen LogP contribution < -0.4 is 5.32 Å². The third-order valence-corrected chi connectivity index (χ3v) is 5.17. The van der Waals surface area contributed by atoms with Crippen LogP contribution >= 0.6 is 15.9 Å². The van der Waals surface area contributed by atoms with E-state index >= 15 is 0 Å². The van der Waals surface area contributed by atoms with Gasteiger partial charge < -0.3 is 14.3 Å². The van der Waals surface area contributed by atoms with Crippen molar-refractivity contribution in [2.75, 3.05) is 6.54 Å². The van der Waals surface area contributed by atoms with E-state index in [1.54, 1.807) is 12.1 Å². The molecule has 0 saturated carbocycles. The number of benzene rings is 1. The fourth-order valence-electron chi connectivity index (χ4n) is 3.51. The number of aryl methyl sites for hydroxylation is 2. The van der Waals surface area contributed by atoms with Gasteiger partial charge >= 0.3 is 0 Å². The molecule has 7 heteroatoms. The van der Waals surface area contributed by atoms with Gasteiger partial charge in [0.15, 0.2) is 10.3 Å². The molecule has 1 amide bonds. The monoisotopic (exact) mass is 440 g/mol. The van der Waals surface area contributed by atoms with Gasteiger partial charge in [-0.15, -0.1) is 6.58 Å². The summed E-state index contributed by atoms with van der Waals surface area (Å²) in [5.41, 5.74) is 4.27. The second-order valence-electron chi connectivity index (χ2n) is 6.66. The zero-order valence-corrected chi connectivity index (χ0v) is 17.2. The Morgan fingerprint density at radius 3 is 2.96 bits per heavy atom. The number of carbonyl (C=O) groups excluding carboxylic acids is 1. The fraction of sp³-hybridized carbons (Fsp3) is 0.238. The Morgan fingerprint density at radius 1 is 1.32 bits per heavy atom. The average molecular weight is 441 g/mol. The SMILES string of the molecule is C=CCn1c(C(=O)NCCCn2nc(C)c3ccccc32)cc2oc(Br)cc21. The Balaban J connectivity index is 1.42. The first-order valence-electron chi connectivity index (χ1n) is 9.18. The molecule has 0 unspecified atom stereocenters. The number of fused-ring (bicyclic) bond motifs is 2. The molecule has 4 rings (SSSR count). The molecule has 0 saturated heterocycles. The summed E-state index contributed by atoms with van der Waals surface area (Å²) >= 11 is 3.33. The Labute approximate surface area is 170 Å². The molecule has 1 N–H and O–H groups in total. The molecule has 3 aromatic heterocycles. The van der Waals surface area contributed by atoms with Crippen molar-refractivity contribution in [3.63, 3.8) is 0 Å². The van der Waals surface area contributed by atoms with E-state index < -0.39 is 0 Å². The molecule has 0 aliphatic heterocycles. The number of nitrogens with zero attached hydrogens (tertiary/aromatic N) is 3. The second-order valence-corrected chi connectivity index (χ2v) is 7.45. The van der Waals surface area contributed by atoms with E-state index in [9.17, 15) is 4.79 Å².